The normalized spacial score (nSPS) is 38.8. The first-order valence-corrected chi connectivity index (χ1v) is 4.29. The van der Waals surface area contributed by atoms with Crippen LogP contribution in [-0.4, -0.2) is 38.0 Å². The highest BCUT2D eigenvalue weighted by atomic mass is 16.7. The van der Waals surface area contributed by atoms with Crippen molar-refractivity contribution in [3.05, 3.63) is 12.2 Å². The molecule has 1 saturated heterocycles. The van der Waals surface area contributed by atoms with Gasteiger partial charge >= 0.3 is 0 Å². The fourth-order valence-electron chi connectivity index (χ4n) is 1.68. The number of ketones is 1. The topological polar surface area (TPSA) is 44.8 Å². The number of hydrogen-bond donors (Lipinski definition) is 0. The Morgan fingerprint density at radius 3 is 3.23 bits per heavy atom. The van der Waals surface area contributed by atoms with Crippen LogP contribution in [0.25, 0.3) is 0 Å². The Kier molecular flexibility index (Phi) is 2.19. The van der Waals surface area contributed by atoms with Gasteiger partial charge in [-0.15, -0.1) is 0 Å². The molecule has 2 aliphatic rings. The van der Waals surface area contributed by atoms with Crippen LogP contribution < -0.4 is 0 Å². The van der Waals surface area contributed by atoms with Gasteiger partial charge in [0.1, 0.15) is 6.10 Å². The molecule has 0 aromatic heterocycles. The van der Waals surface area contributed by atoms with Gasteiger partial charge in [-0.2, -0.15) is 0 Å². The van der Waals surface area contributed by atoms with E-state index < -0.39 is 5.79 Å². The lowest BCUT2D eigenvalue weighted by molar-refractivity contribution is -0.290. The fourth-order valence-corrected chi connectivity index (χ4v) is 1.68. The maximum absolute atomic E-state index is 11.1. The van der Waals surface area contributed by atoms with Gasteiger partial charge in [-0.1, -0.05) is 0 Å². The quantitative estimate of drug-likeness (QED) is 0.587. The average molecular weight is 184 g/mol. The van der Waals surface area contributed by atoms with Crippen LogP contribution in [0.4, 0.5) is 0 Å². The third-order valence-corrected chi connectivity index (χ3v) is 2.39. The molecule has 0 saturated carbocycles. The molecule has 2 rings (SSSR count). The molecule has 0 spiro atoms. The van der Waals surface area contributed by atoms with E-state index in [1.54, 1.807) is 13.2 Å². The van der Waals surface area contributed by atoms with Gasteiger partial charge in [-0.25, -0.2) is 0 Å². The predicted octanol–water partition coefficient (Wildman–Crippen LogP) is 0.274. The van der Waals surface area contributed by atoms with Crippen molar-refractivity contribution in [2.24, 2.45) is 0 Å². The van der Waals surface area contributed by atoms with Crippen LogP contribution >= 0.6 is 0 Å². The first-order valence-electron chi connectivity index (χ1n) is 4.29. The molecule has 0 radical (unpaired) electrons. The van der Waals surface area contributed by atoms with E-state index in [0.29, 0.717) is 19.6 Å². The summed E-state index contributed by atoms with van der Waals surface area (Å²) in [6, 6.07) is 0. The lowest BCUT2D eigenvalue weighted by atomic mass is 9.96. The van der Waals surface area contributed by atoms with Gasteiger partial charge in [0.2, 0.25) is 5.79 Å². The number of fused-ring (bicyclic) bond motifs is 1. The molecule has 13 heavy (non-hydrogen) atoms. The summed E-state index contributed by atoms with van der Waals surface area (Å²) < 4.78 is 16.1. The highest BCUT2D eigenvalue weighted by Gasteiger charge is 2.44. The maximum atomic E-state index is 11.1. The zero-order chi connectivity index (χ0) is 9.31. The van der Waals surface area contributed by atoms with Crippen molar-refractivity contribution in [3.63, 3.8) is 0 Å². The van der Waals surface area contributed by atoms with Gasteiger partial charge in [0.05, 0.1) is 13.2 Å². The second kappa shape index (κ2) is 3.21. The van der Waals surface area contributed by atoms with Gasteiger partial charge in [0.15, 0.2) is 5.78 Å². The van der Waals surface area contributed by atoms with E-state index in [-0.39, 0.29) is 11.9 Å². The maximum Gasteiger partial charge on any atom is 0.215 e. The van der Waals surface area contributed by atoms with E-state index in [1.165, 1.54) is 6.08 Å². The van der Waals surface area contributed by atoms with Crippen molar-refractivity contribution in [2.75, 3.05) is 20.3 Å². The van der Waals surface area contributed by atoms with Crippen molar-refractivity contribution < 1.29 is 19.0 Å². The van der Waals surface area contributed by atoms with E-state index in [1.807, 2.05) is 0 Å². The van der Waals surface area contributed by atoms with Crippen LogP contribution in [0.5, 0.6) is 0 Å². The molecule has 0 bridgehead atoms. The van der Waals surface area contributed by atoms with Crippen molar-refractivity contribution in [1.29, 1.82) is 0 Å². The van der Waals surface area contributed by atoms with Crippen molar-refractivity contribution in [2.45, 2.75) is 18.3 Å². The third-order valence-electron chi connectivity index (χ3n) is 2.39. The molecule has 2 atom stereocenters. The standard InChI is InChI=1S/C9H12O4/c1-11-9-3-2-7(10)6-8(9)12-4-5-13-9/h2-3,8H,4-6H2,1H3/t8-,9+/m0/s1. The minimum absolute atomic E-state index is 0.0585. The second-order valence-corrected chi connectivity index (χ2v) is 3.14. The highest BCUT2D eigenvalue weighted by molar-refractivity contribution is 5.91. The van der Waals surface area contributed by atoms with Gasteiger partial charge in [-0.3, -0.25) is 4.79 Å². The molecule has 0 N–H and O–H groups in total. The van der Waals surface area contributed by atoms with E-state index in [2.05, 4.69) is 0 Å². The summed E-state index contributed by atoms with van der Waals surface area (Å²) >= 11 is 0. The molecule has 0 aromatic carbocycles. The number of carbonyl (C=O) groups excluding carboxylic acids is 1. The van der Waals surface area contributed by atoms with Gasteiger partial charge in [-0.05, 0) is 12.2 Å². The summed E-state index contributed by atoms with van der Waals surface area (Å²) in [4.78, 5) is 11.1. The molecule has 4 heteroatoms. The lowest BCUT2D eigenvalue weighted by Crippen LogP contribution is -2.53. The molecule has 0 aromatic rings. The van der Waals surface area contributed by atoms with Crippen LogP contribution in [0.3, 0.4) is 0 Å². The van der Waals surface area contributed by atoms with Crippen molar-refractivity contribution >= 4 is 5.78 Å². The highest BCUT2D eigenvalue weighted by Crippen LogP contribution is 2.31. The number of carbonyl (C=O) groups is 1. The zero-order valence-corrected chi connectivity index (χ0v) is 7.49. The zero-order valence-electron chi connectivity index (χ0n) is 7.49. The molecule has 1 fully saturated rings. The number of methoxy groups -OCH3 is 1. The minimum Gasteiger partial charge on any atom is -0.369 e. The van der Waals surface area contributed by atoms with Crippen LogP contribution in [0.2, 0.25) is 0 Å². The van der Waals surface area contributed by atoms with Crippen LogP contribution in [0, 0.1) is 0 Å². The summed E-state index contributed by atoms with van der Waals surface area (Å²) in [7, 11) is 1.56. The molecular formula is C9H12O4. The Bertz CT molecular complexity index is 248. The van der Waals surface area contributed by atoms with E-state index in [4.69, 9.17) is 14.2 Å². The minimum atomic E-state index is -0.827. The largest absolute Gasteiger partial charge is 0.369 e. The third kappa shape index (κ3) is 1.41. The monoisotopic (exact) mass is 184 g/mol. The first kappa shape index (κ1) is 8.87. The predicted molar refractivity (Wildman–Crippen MR) is 44.2 cm³/mol. The van der Waals surface area contributed by atoms with Crippen molar-refractivity contribution in [1.82, 2.24) is 0 Å². The smallest absolute Gasteiger partial charge is 0.215 e. The lowest BCUT2D eigenvalue weighted by Gasteiger charge is -2.41. The first-order chi connectivity index (χ1) is 6.27. The summed E-state index contributed by atoms with van der Waals surface area (Å²) in [5, 5.41) is 0. The second-order valence-electron chi connectivity index (χ2n) is 3.14. The molecule has 1 aliphatic carbocycles. The van der Waals surface area contributed by atoms with E-state index >= 15 is 0 Å². The van der Waals surface area contributed by atoms with Crippen LogP contribution in [0.15, 0.2) is 12.2 Å². The number of ether oxygens (including phenoxy) is 3. The van der Waals surface area contributed by atoms with E-state index in [0.717, 1.165) is 0 Å². The molecule has 4 nitrogen and oxygen atoms in total. The Balaban J connectivity index is 2.26. The molecule has 0 unspecified atom stereocenters. The van der Waals surface area contributed by atoms with Crippen molar-refractivity contribution in [3.8, 4) is 0 Å². The molecule has 1 aliphatic heterocycles. The Morgan fingerprint density at radius 2 is 2.46 bits per heavy atom. The summed E-state index contributed by atoms with van der Waals surface area (Å²) in [6.45, 7) is 1.03. The van der Waals surface area contributed by atoms with Gasteiger partial charge in [0, 0.05) is 13.5 Å². The summed E-state index contributed by atoms with van der Waals surface area (Å²) in [6.07, 6.45) is 3.19. The SMILES string of the molecule is CO[C@@]12C=CC(=O)C[C@@H]1OCCO2. The van der Waals surface area contributed by atoms with Gasteiger partial charge < -0.3 is 14.2 Å². The number of hydrogen-bond acceptors (Lipinski definition) is 4. The number of rotatable bonds is 1. The van der Waals surface area contributed by atoms with E-state index in [9.17, 15) is 4.79 Å². The Morgan fingerprint density at radius 1 is 1.62 bits per heavy atom. The Hall–Kier alpha value is -0.710. The Labute approximate surface area is 76.5 Å². The molecule has 72 valence electrons. The summed E-state index contributed by atoms with van der Waals surface area (Å²) in [5.41, 5.74) is 0. The molecule has 0 amide bonds. The average Bonchev–Trinajstić information content (AvgIpc) is 2.18. The summed E-state index contributed by atoms with van der Waals surface area (Å²) in [5.74, 6) is -0.769. The van der Waals surface area contributed by atoms with Crippen LogP contribution in [0.1, 0.15) is 6.42 Å². The van der Waals surface area contributed by atoms with Gasteiger partial charge in [0.25, 0.3) is 0 Å². The van der Waals surface area contributed by atoms with Crippen LogP contribution in [-0.2, 0) is 19.0 Å². The molecular weight excluding hydrogens is 172 g/mol. The molecule has 1 heterocycles. The number of allylic oxidation sites excluding steroid dienone is 1. The fraction of sp³-hybridized carbons (Fsp3) is 0.667.